The van der Waals surface area contributed by atoms with Crippen molar-refractivity contribution in [3.05, 3.63) is 64.7 Å². The van der Waals surface area contributed by atoms with E-state index in [1.54, 1.807) is 65.8 Å². The van der Waals surface area contributed by atoms with Crippen LogP contribution in [-0.2, 0) is 16.1 Å². The predicted molar refractivity (Wildman–Crippen MR) is 137 cm³/mol. The van der Waals surface area contributed by atoms with Crippen molar-refractivity contribution in [1.82, 2.24) is 15.5 Å². The van der Waals surface area contributed by atoms with Crippen LogP contribution in [0.2, 0.25) is 0 Å². The van der Waals surface area contributed by atoms with Gasteiger partial charge in [0.25, 0.3) is 17.7 Å². The van der Waals surface area contributed by atoms with Gasteiger partial charge in [0.1, 0.15) is 12.1 Å². The number of amides is 5. The lowest BCUT2D eigenvalue weighted by Gasteiger charge is -2.29. The van der Waals surface area contributed by atoms with Crippen molar-refractivity contribution in [2.45, 2.75) is 59.2 Å². The van der Waals surface area contributed by atoms with Crippen molar-refractivity contribution >= 4 is 35.4 Å². The SMILES string of the molecule is CC(C)(C)OC(=O)NCC(=O)Nc1ccccc1CNC(=O)c1ccc2c(c1)C(=O)N(C(C)(C)C)C2=O. The smallest absolute Gasteiger partial charge is 0.408 e. The van der Waals surface area contributed by atoms with E-state index in [0.29, 0.717) is 11.3 Å². The number of imide groups is 1. The lowest BCUT2D eigenvalue weighted by Crippen LogP contribution is -2.45. The van der Waals surface area contributed by atoms with E-state index < -0.39 is 35.0 Å². The van der Waals surface area contributed by atoms with Gasteiger partial charge in [-0.05, 0) is 71.4 Å². The highest BCUT2D eigenvalue weighted by Crippen LogP contribution is 2.30. The molecule has 10 heteroatoms. The molecule has 2 aromatic rings. The summed E-state index contributed by atoms with van der Waals surface area (Å²) in [4.78, 5) is 63.6. The normalized spacial score (nSPS) is 13.2. The second-order valence-electron chi connectivity index (χ2n) is 10.6. The first-order chi connectivity index (χ1) is 17.2. The first kappa shape index (κ1) is 27.4. The third kappa shape index (κ3) is 6.72. The van der Waals surface area contributed by atoms with Gasteiger partial charge in [0.2, 0.25) is 5.91 Å². The average Bonchev–Trinajstić information content (AvgIpc) is 3.05. The molecule has 196 valence electrons. The molecule has 0 unspecified atom stereocenters. The van der Waals surface area contributed by atoms with Gasteiger partial charge in [0.15, 0.2) is 0 Å². The van der Waals surface area contributed by atoms with Crippen LogP contribution in [0.15, 0.2) is 42.5 Å². The second-order valence-corrected chi connectivity index (χ2v) is 10.6. The van der Waals surface area contributed by atoms with Gasteiger partial charge in [-0.3, -0.25) is 24.1 Å². The van der Waals surface area contributed by atoms with Crippen molar-refractivity contribution in [1.29, 1.82) is 0 Å². The van der Waals surface area contributed by atoms with Gasteiger partial charge in [-0.25, -0.2) is 4.79 Å². The summed E-state index contributed by atoms with van der Waals surface area (Å²) in [6, 6.07) is 11.3. The number of hydrogen-bond acceptors (Lipinski definition) is 6. The Hall–Kier alpha value is -4.21. The third-order valence-corrected chi connectivity index (χ3v) is 5.34. The average molecular weight is 509 g/mol. The summed E-state index contributed by atoms with van der Waals surface area (Å²) in [7, 11) is 0. The Morgan fingerprint density at radius 3 is 2.16 bits per heavy atom. The summed E-state index contributed by atoms with van der Waals surface area (Å²) >= 11 is 0. The van der Waals surface area contributed by atoms with Crippen LogP contribution in [0.25, 0.3) is 0 Å². The molecule has 0 atom stereocenters. The molecule has 0 radical (unpaired) electrons. The molecular weight excluding hydrogens is 476 g/mol. The number of benzene rings is 2. The Kier molecular flexibility index (Phi) is 7.71. The number of nitrogens with zero attached hydrogens (tertiary/aromatic N) is 1. The molecular formula is C27H32N4O6. The Balaban J connectivity index is 1.63. The molecule has 0 saturated heterocycles. The Morgan fingerprint density at radius 2 is 1.51 bits per heavy atom. The zero-order chi connectivity index (χ0) is 27.5. The highest BCUT2D eigenvalue weighted by atomic mass is 16.6. The summed E-state index contributed by atoms with van der Waals surface area (Å²) in [5.74, 6) is -1.72. The van der Waals surface area contributed by atoms with E-state index in [-0.39, 0.29) is 35.7 Å². The van der Waals surface area contributed by atoms with Gasteiger partial charge in [0.05, 0.1) is 11.1 Å². The van der Waals surface area contributed by atoms with Crippen LogP contribution in [0, 0.1) is 0 Å². The third-order valence-electron chi connectivity index (χ3n) is 5.34. The Bertz CT molecular complexity index is 1260. The van der Waals surface area contributed by atoms with Crippen LogP contribution in [-0.4, -0.2) is 52.3 Å². The zero-order valence-corrected chi connectivity index (χ0v) is 21.9. The predicted octanol–water partition coefficient (Wildman–Crippen LogP) is 3.47. The zero-order valence-electron chi connectivity index (χ0n) is 21.9. The summed E-state index contributed by atoms with van der Waals surface area (Å²) in [5.41, 5.74) is 0.425. The number of fused-ring (bicyclic) bond motifs is 1. The maximum Gasteiger partial charge on any atom is 0.408 e. The number of carbonyl (C=O) groups excluding carboxylic acids is 5. The molecule has 0 saturated carbocycles. The number of ether oxygens (including phenoxy) is 1. The number of rotatable bonds is 6. The number of nitrogens with one attached hydrogen (secondary N) is 3. The van der Waals surface area contributed by atoms with Crippen LogP contribution < -0.4 is 16.0 Å². The maximum atomic E-state index is 12.8. The monoisotopic (exact) mass is 508 g/mol. The van der Waals surface area contributed by atoms with Gasteiger partial charge in [-0.15, -0.1) is 0 Å². The van der Waals surface area contributed by atoms with Crippen molar-refractivity contribution in [2.24, 2.45) is 0 Å². The molecule has 0 fully saturated rings. The van der Waals surface area contributed by atoms with E-state index in [1.807, 2.05) is 0 Å². The maximum absolute atomic E-state index is 12.8. The van der Waals surface area contributed by atoms with Gasteiger partial charge in [-0.1, -0.05) is 18.2 Å². The molecule has 0 bridgehead atoms. The first-order valence-corrected chi connectivity index (χ1v) is 11.8. The standard InChI is InChI=1S/C27H32N4O6/c1-26(2,3)31-23(34)18-12-11-16(13-19(18)24(31)35)22(33)28-14-17-9-7-8-10-20(17)30-21(32)15-29-25(36)37-27(4,5)6/h7-13H,14-15H2,1-6H3,(H,28,33)(H,29,36)(H,30,32). The molecule has 1 aliphatic heterocycles. The molecule has 0 aliphatic carbocycles. The van der Waals surface area contributed by atoms with E-state index in [9.17, 15) is 24.0 Å². The van der Waals surface area contributed by atoms with Crippen molar-refractivity contribution in [2.75, 3.05) is 11.9 Å². The van der Waals surface area contributed by atoms with E-state index in [4.69, 9.17) is 4.74 Å². The molecule has 0 spiro atoms. The van der Waals surface area contributed by atoms with Crippen molar-refractivity contribution < 1.29 is 28.7 Å². The fourth-order valence-corrected chi connectivity index (χ4v) is 3.73. The summed E-state index contributed by atoms with van der Waals surface area (Å²) in [6.07, 6.45) is -0.705. The lowest BCUT2D eigenvalue weighted by molar-refractivity contribution is -0.115. The van der Waals surface area contributed by atoms with Gasteiger partial charge in [0, 0.05) is 23.3 Å². The molecule has 1 heterocycles. The summed E-state index contributed by atoms with van der Waals surface area (Å²) in [6.45, 7) is 10.3. The second kappa shape index (κ2) is 10.4. The van der Waals surface area contributed by atoms with E-state index in [0.717, 1.165) is 0 Å². The topological polar surface area (TPSA) is 134 Å². The van der Waals surface area contributed by atoms with E-state index >= 15 is 0 Å². The Labute approximate surface area is 215 Å². The van der Waals surface area contributed by atoms with Crippen LogP contribution >= 0.6 is 0 Å². The minimum Gasteiger partial charge on any atom is -0.444 e. The minimum atomic E-state index is -0.705. The number of alkyl carbamates (subject to hydrolysis) is 1. The molecule has 1 aliphatic rings. The Morgan fingerprint density at radius 1 is 0.865 bits per heavy atom. The number of hydrogen-bond donors (Lipinski definition) is 3. The van der Waals surface area contributed by atoms with Gasteiger partial charge < -0.3 is 20.7 Å². The number of anilines is 1. The quantitative estimate of drug-likeness (QED) is 0.512. The van der Waals surface area contributed by atoms with Gasteiger partial charge in [-0.2, -0.15) is 0 Å². The van der Waals surface area contributed by atoms with Crippen molar-refractivity contribution in [3.8, 4) is 0 Å². The van der Waals surface area contributed by atoms with Crippen LogP contribution in [0.5, 0.6) is 0 Å². The molecule has 37 heavy (non-hydrogen) atoms. The van der Waals surface area contributed by atoms with E-state index in [2.05, 4.69) is 16.0 Å². The highest BCUT2D eigenvalue weighted by molar-refractivity contribution is 6.22. The highest BCUT2D eigenvalue weighted by Gasteiger charge is 2.42. The largest absolute Gasteiger partial charge is 0.444 e. The van der Waals surface area contributed by atoms with E-state index in [1.165, 1.54) is 23.1 Å². The molecule has 3 N–H and O–H groups in total. The summed E-state index contributed by atoms with van der Waals surface area (Å²) in [5, 5.41) is 7.87. The molecule has 0 aromatic heterocycles. The van der Waals surface area contributed by atoms with Crippen LogP contribution in [0.4, 0.5) is 10.5 Å². The van der Waals surface area contributed by atoms with Gasteiger partial charge >= 0.3 is 6.09 Å². The first-order valence-electron chi connectivity index (χ1n) is 11.8. The molecule has 3 rings (SSSR count). The fourth-order valence-electron chi connectivity index (χ4n) is 3.73. The summed E-state index contributed by atoms with van der Waals surface area (Å²) < 4.78 is 5.11. The molecule has 10 nitrogen and oxygen atoms in total. The van der Waals surface area contributed by atoms with Crippen LogP contribution in [0.1, 0.15) is 78.2 Å². The number of para-hydroxylation sites is 1. The lowest BCUT2D eigenvalue weighted by atomic mass is 10.1. The molecule has 2 aromatic carbocycles. The minimum absolute atomic E-state index is 0.0901. The van der Waals surface area contributed by atoms with Crippen LogP contribution in [0.3, 0.4) is 0 Å². The van der Waals surface area contributed by atoms with Crippen molar-refractivity contribution in [3.63, 3.8) is 0 Å². The molecule has 5 amide bonds. The fraction of sp³-hybridized carbons (Fsp3) is 0.370. The number of carbonyl (C=O) groups is 5.